The maximum Gasteiger partial charge on any atom is 0.251 e. The van der Waals surface area contributed by atoms with E-state index in [2.05, 4.69) is 27.9 Å². The third-order valence-corrected chi connectivity index (χ3v) is 3.18. The first-order valence-corrected chi connectivity index (χ1v) is 6.07. The highest BCUT2D eigenvalue weighted by Crippen LogP contribution is 2.20. The van der Waals surface area contributed by atoms with Crippen LogP contribution in [0.25, 0.3) is 0 Å². The normalized spacial score (nSPS) is 10.4. The fraction of sp³-hybridized carbons (Fsp3) is 0.250. The highest BCUT2D eigenvalue weighted by molar-refractivity contribution is 14.1. The minimum absolute atomic E-state index is 0.182. The van der Waals surface area contributed by atoms with Crippen LogP contribution in [0.5, 0.6) is 0 Å². The minimum atomic E-state index is -0.182. The Morgan fingerprint density at radius 1 is 1.56 bits per heavy atom. The van der Waals surface area contributed by atoms with Crippen molar-refractivity contribution in [3.05, 3.63) is 39.7 Å². The third-order valence-electron chi connectivity index (χ3n) is 2.01. The van der Waals surface area contributed by atoms with Gasteiger partial charge in [0.15, 0.2) is 0 Å². The summed E-state index contributed by atoms with van der Waals surface area (Å²) in [7, 11) is 0. The summed E-state index contributed by atoms with van der Waals surface area (Å²) in [4.78, 5) is 11.5. The standard InChI is InChI=1S/C12H14INO2/c1-3-16-8-7-12(15)14-11-6-4-5-10(13)9(11)2/h4-8H,3H2,1-2H3,(H,14,15)/b8-7+. The lowest BCUT2D eigenvalue weighted by atomic mass is 10.2. The van der Waals surface area contributed by atoms with Crippen LogP contribution in [0, 0.1) is 10.5 Å². The lowest BCUT2D eigenvalue weighted by Crippen LogP contribution is -2.09. The summed E-state index contributed by atoms with van der Waals surface area (Å²) < 4.78 is 6.08. The number of carbonyl (C=O) groups excluding carboxylic acids is 1. The molecule has 1 aromatic rings. The van der Waals surface area contributed by atoms with E-state index in [0.29, 0.717) is 6.61 Å². The van der Waals surface area contributed by atoms with Crippen molar-refractivity contribution >= 4 is 34.2 Å². The smallest absolute Gasteiger partial charge is 0.251 e. The van der Waals surface area contributed by atoms with Crippen LogP contribution in [0.15, 0.2) is 30.5 Å². The van der Waals surface area contributed by atoms with Crippen molar-refractivity contribution in [2.75, 3.05) is 11.9 Å². The Labute approximate surface area is 109 Å². The topological polar surface area (TPSA) is 38.3 Å². The molecule has 1 aromatic carbocycles. The van der Waals surface area contributed by atoms with Crippen molar-refractivity contribution in [3.8, 4) is 0 Å². The average molecular weight is 331 g/mol. The molecule has 0 atom stereocenters. The van der Waals surface area contributed by atoms with E-state index in [-0.39, 0.29) is 5.91 Å². The molecule has 16 heavy (non-hydrogen) atoms. The summed E-state index contributed by atoms with van der Waals surface area (Å²) >= 11 is 2.24. The zero-order valence-corrected chi connectivity index (χ0v) is 11.4. The van der Waals surface area contributed by atoms with Gasteiger partial charge in [-0.1, -0.05) is 6.07 Å². The maximum atomic E-state index is 11.5. The molecule has 0 saturated carbocycles. The quantitative estimate of drug-likeness (QED) is 0.523. The lowest BCUT2D eigenvalue weighted by Gasteiger charge is -2.07. The van der Waals surface area contributed by atoms with Gasteiger partial charge in [-0.15, -0.1) is 0 Å². The number of ether oxygens (including phenoxy) is 1. The van der Waals surface area contributed by atoms with Crippen LogP contribution in [-0.2, 0) is 9.53 Å². The summed E-state index contributed by atoms with van der Waals surface area (Å²) in [6, 6.07) is 5.79. The predicted molar refractivity (Wildman–Crippen MR) is 73.3 cm³/mol. The van der Waals surface area contributed by atoms with E-state index in [0.717, 1.165) is 14.8 Å². The third kappa shape index (κ3) is 3.84. The molecular weight excluding hydrogens is 317 g/mol. The second-order valence-electron chi connectivity index (χ2n) is 3.16. The highest BCUT2D eigenvalue weighted by atomic mass is 127. The molecule has 1 N–H and O–H groups in total. The number of anilines is 1. The van der Waals surface area contributed by atoms with Gasteiger partial charge in [-0.2, -0.15) is 0 Å². The molecule has 1 amide bonds. The van der Waals surface area contributed by atoms with Crippen LogP contribution in [0.2, 0.25) is 0 Å². The van der Waals surface area contributed by atoms with Crippen molar-refractivity contribution in [1.29, 1.82) is 0 Å². The largest absolute Gasteiger partial charge is 0.501 e. The van der Waals surface area contributed by atoms with Gasteiger partial charge < -0.3 is 10.1 Å². The van der Waals surface area contributed by atoms with E-state index in [4.69, 9.17) is 4.74 Å². The minimum Gasteiger partial charge on any atom is -0.501 e. The van der Waals surface area contributed by atoms with Gasteiger partial charge in [0.05, 0.1) is 12.9 Å². The first-order valence-electron chi connectivity index (χ1n) is 4.99. The van der Waals surface area contributed by atoms with Crippen LogP contribution in [0.4, 0.5) is 5.69 Å². The van der Waals surface area contributed by atoms with Gasteiger partial charge in [0.1, 0.15) is 0 Å². The molecule has 86 valence electrons. The summed E-state index contributed by atoms with van der Waals surface area (Å²) in [6.45, 7) is 4.40. The number of rotatable bonds is 4. The van der Waals surface area contributed by atoms with Crippen molar-refractivity contribution in [3.63, 3.8) is 0 Å². The number of hydrogen-bond acceptors (Lipinski definition) is 2. The molecule has 0 aliphatic carbocycles. The molecule has 4 heteroatoms. The monoisotopic (exact) mass is 331 g/mol. The first-order chi connectivity index (χ1) is 7.65. The number of nitrogens with one attached hydrogen (secondary N) is 1. The lowest BCUT2D eigenvalue weighted by molar-refractivity contribution is -0.112. The molecule has 0 aromatic heterocycles. The summed E-state index contributed by atoms with van der Waals surface area (Å²) in [5.41, 5.74) is 1.90. The Morgan fingerprint density at radius 3 is 3.00 bits per heavy atom. The van der Waals surface area contributed by atoms with E-state index in [1.165, 1.54) is 12.3 Å². The molecule has 0 radical (unpaired) electrons. The van der Waals surface area contributed by atoms with Gasteiger partial charge in [0.2, 0.25) is 0 Å². The van der Waals surface area contributed by atoms with Crippen molar-refractivity contribution in [2.45, 2.75) is 13.8 Å². The molecule has 0 fully saturated rings. The first kappa shape index (κ1) is 13.0. The molecule has 0 spiro atoms. The molecule has 0 aliphatic heterocycles. The van der Waals surface area contributed by atoms with Gasteiger partial charge in [0, 0.05) is 15.3 Å². The van der Waals surface area contributed by atoms with E-state index in [1.807, 2.05) is 32.0 Å². The Bertz CT molecular complexity index is 402. The summed E-state index contributed by atoms with van der Waals surface area (Å²) in [5, 5.41) is 2.80. The van der Waals surface area contributed by atoms with Crippen molar-refractivity contribution in [1.82, 2.24) is 0 Å². The average Bonchev–Trinajstić information content (AvgIpc) is 2.25. The van der Waals surface area contributed by atoms with Gasteiger partial charge in [-0.25, -0.2) is 0 Å². The van der Waals surface area contributed by atoms with Crippen molar-refractivity contribution < 1.29 is 9.53 Å². The number of hydrogen-bond donors (Lipinski definition) is 1. The molecule has 3 nitrogen and oxygen atoms in total. The molecular formula is C12H14INO2. The number of halogens is 1. The fourth-order valence-corrected chi connectivity index (χ4v) is 1.62. The van der Waals surface area contributed by atoms with Gasteiger partial charge in [-0.3, -0.25) is 4.79 Å². The second kappa shape index (κ2) is 6.52. The van der Waals surface area contributed by atoms with Crippen LogP contribution in [-0.4, -0.2) is 12.5 Å². The Balaban J connectivity index is 2.66. The predicted octanol–water partition coefficient (Wildman–Crippen LogP) is 3.09. The molecule has 0 unspecified atom stereocenters. The molecule has 0 saturated heterocycles. The zero-order valence-electron chi connectivity index (χ0n) is 9.29. The van der Waals surface area contributed by atoms with E-state index < -0.39 is 0 Å². The van der Waals surface area contributed by atoms with Gasteiger partial charge >= 0.3 is 0 Å². The van der Waals surface area contributed by atoms with Crippen LogP contribution >= 0.6 is 22.6 Å². The van der Waals surface area contributed by atoms with E-state index in [9.17, 15) is 4.79 Å². The SMILES string of the molecule is CCO/C=C/C(=O)Nc1cccc(I)c1C. The zero-order chi connectivity index (χ0) is 12.0. The fourth-order valence-electron chi connectivity index (χ4n) is 1.12. The second-order valence-corrected chi connectivity index (χ2v) is 4.32. The van der Waals surface area contributed by atoms with Crippen molar-refractivity contribution in [2.24, 2.45) is 0 Å². The summed E-state index contributed by atoms with van der Waals surface area (Å²) in [5.74, 6) is -0.182. The molecule has 0 bridgehead atoms. The van der Waals surface area contributed by atoms with E-state index >= 15 is 0 Å². The van der Waals surface area contributed by atoms with Crippen LogP contribution in [0.1, 0.15) is 12.5 Å². The Morgan fingerprint density at radius 2 is 2.31 bits per heavy atom. The highest BCUT2D eigenvalue weighted by Gasteiger charge is 2.03. The Kier molecular flexibility index (Phi) is 5.31. The molecule has 0 heterocycles. The maximum absolute atomic E-state index is 11.5. The van der Waals surface area contributed by atoms with Crippen LogP contribution < -0.4 is 5.32 Å². The Hall–Kier alpha value is -1.04. The number of amides is 1. The summed E-state index contributed by atoms with van der Waals surface area (Å²) in [6.07, 6.45) is 2.78. The molecule has 0 aliphatic rings. The number of benzene rings is 1. The van der Waals surface area contributed by atoms with Gasteiger partial charge in [0.25, 0.3) is 5.91 Å². The number of carbonyl (C=O) groups is 1. The van der Waals surface area contributed by atoms with E-state index in [1.54, 1.807) is 0 Å². The van der Waals surface area contributed by atoms with Gasteiger partial charge in [-0.05, 0) is 54.1 Å². The van der Waals surface area contributed by atoms with Crippen LogP contribution in [0.3, 0.4) is 0 Å². The molecule has 1 rings (SSSR count).